The van der Waals surface area contributed by atoms with E-state index in [4.69, 9.17) is 5.11 Å². The zero-order chi connectivity index (χ0) is 17.5. The lowest BCUT2D eigenvalue weighted by Crippen LogP contribution is -2.50. The van der Waals surface area contributed by atoms with Gasteiger partial charge in [-0.15, -0.1) is 0 Å². The standard InChI is InChI=1S/C16H24F2N2O4/c17-16(18)5-13(15(23)24)20(8-16)7-9-1-2-10-6-19-12(14(21)22)4-11(10)3-9/h9-13,19H,1-8H2,(H,21,22)(H,23,24)/t9?,10-,11?,12-,13-/m0/s1. The van der Waals surface area contributed by atoms with Crippen molar-refractivity contribution in [3.8, 4) is 0 Å². The number of fused-ring (bicyclic) bond motifs is 1. The highest BCUT2D eigenvalue weighted by atomic mass is 19.3. The smallest absolute Gasteiger partial charge is 0.321 e. The van der Waals surface area contributed by atoms with Crippen molar-refractivity contribution >= 4 is 11.9 Å². The van der Waals surface area contributed by atoms with Gasteiger partial charge in [0.05, 0.1) is 6.54 Å². The van der Waals surface area contributed by atoms with Gasteiger partial charge in [0.2, 0.25) is 0 Å². The molecule has 3 aliphatic rings. The fourth-order valence-electron chi connectivity index (χ4n) is 4.67. The lowest BCUT2D eigenvalue weighted by molar-refractivity contribution is -0.143. The minimum atomic E-state index is -2.94. The number of alkyl halides is 2. The van der Waals surface area contributed by atoms with Crippen LogP contribution in [0.4, 0.5) is 8.78 Å². The molecule has 2 heterocycles. The first-order valence-corrected chi connectivity index (χ1v) is 8.56. The van der Waals surface area contributed by atoms with E-state index in [0.29, 0.717) is 25.4 Å². The van der Waals surface area contributed by atoms with Gasteiger partial charge in [-0.2, -0.15) is 0 Å². The van der Waals surface area contributed by atoms with Gasteiger partial charge in [-0.25, -0.2) is 8.78 Å². The van der Waals surface area contributed by atoms with E-state index >= 15 is 0 Å². The maximum absolute atomic E-state index is 13.6. The summed E-state index contributed by atoms with van der Waals surface area (Å²) in [6.45, 7) is 0.558. The number of hydrogen-bond donors (Lipinski definition) is 3. The van der Waals surface area contributed by atoms with Gasteiger partial charge in [-0.1, -0.05) is 0 Å². The Balaban J connectivity index is 1.60. The molecule has 3 N–H and O–H groups in total. The van der Waals surface area contributed by atoms with E-state index in [0.717, 1.165) is 19.3 Å². The average Bonchev–Trinajstić information content (AvgIpc) is 2.81. The van der Waals surface area contributed by atoms with Gasteiger partial charge in [0.1, 0.15) is 12.1 Å². The second kappa shape index (κ2) is 6.55. The molecule has 0 radical (unpaired) electrons. The summed E-state index contributed by atoms with van der Waals surface area (Å²) in [5.41, 5.74) is 0. The Morgan fingerprint density at radius 3 is 2.54 bits per heavy atom. The van der Waals surface area contributed by atoms with Crippen molar-refractivity contribution in [1.82, 2.24) is 10.2 Å². The molecule has 0 amide bonds. The number of hydrogen-bond acceptors (Lipinski definition) is 4. The molecule has 0 bridgehead atoms. The molecule has 0 spiro atoms. The highest BCUT2D eigenvalue weighted by Crippen LogP contribution is 2.40. The summed E-state index contributed by atoms with van der Waals surface area (Å²) in [6, 6.07) is -1.65. The Bertz CT molecular complexity index is 516. The van der Waals surface area contributed by atoms with Gasteiger partial charge in [-0.3, -0.25) is 14.5 Å². The number of halogens is 2. The van der Waals surface area contributed by atoms with Crippen LogP contribution in [0, 0.1) is 17.8 Å². The number of nitrogens with zero attached hydrogens (tertiary/aromatic N) is 1. The predicted octanol–water partition coefficient (Wildman–Crippen LogP) is 1.26. The summed E-state index contributed by atoms with van der Waals surface area (Å²) in [7, 11) is 0. The largest absolute Gasteiger partial charge is 0.480 e. The highest BCUT2D eigenvalue weighted by molar-refractivity contribution is 5.74. The SMILES string of the molecule is O=C(O)[C@@H]1CC2CC(CN3CC(F)(F)C[C@H]3C(=O)O)CC[C@H]2CN1. The molecular weight excluding hydrogens is 322 g/mol. The summed E-state index contributed by atoms with van der Waals surface area (Å²) in [4.78, 5) is 23.8. The fourth-order valence-corrected chi connectivity index (χ4v) is 4.67. The average molecular weight is 346 g/mol. The Labute approximate surface area is 139 Å². The summed E-state index contributed by atoms with van der Waals surface area (Å²) in [5, 5.41) is 21.4. The molecule has 8 heteroatoms. The van der Waals surface area contributed by atoms with E-state index in [2.05, 4.69) is 5.32 Å². The first-order valence-electron chi connectivity index (χ1n) is 8.56. The molecule has 1 aliphatic carbocycles. The summed E-state index contributed by atoms with van der Waals surface area (Å²) in [5.74, 6) is -4.10. The first-order chi connectivity index (χ1) is 11.2. The van der Waals surface area contributed by atoms with Crippen LogP contribution in [-0.2, 0) is 9.59 Å². The van der Waals surface area contributed by atoms with E-state index in [-0.39, 0.29) is 11.8 Å². The van der Waals surface area contributed by atoms with Crippen molar-refractivity contribution in [3.63, 3.8) is 0 Å². The second-order valence-electron chi connectivity index (χ2n) is 7.58. The molecule has 6 nitrogen and oxygen atoms in total. The molecule has 24 heavy (non-hydrogen) atoms. The molecule has 1 saturated carbocycles. The molecular formula is C16H24F2N2O4. The van der Waals surface area contributed by atoms with Gasteiger partial charge in [0.15, 0.2) is 0 Å². The lowest BCUT2D eigenvalue weighted by atomic mass is 9.69. The molecule has 3 fully saturated rings. The number of piperidine rings is 1. The lowest BCUT2D eigenvalue weighted by Gasteiger charge is -2.42. The molecule has 2 saturated heterocycles. The zero-order valence-corrected chi connectivity index (χ0v) is 13.5. The van der Waals surface area contributed by atoms with Crippen LogP contribution < -0.4 is 5.32 Å². The van der Waals surface area contributed by atoms with Crippen LogP contribution >= 0.6 is 0 Å². The van der Waals surface area contributed by atoms with Gasteiger partial charge < -0.3 is 15.5 Å². The van der Waals surface area contributed by atoms with Crippen LogP contribution in [0.25, 0.3) is 0 Å². The fraction of sp³-hybridized carbons (Fsp3) is 0.875. The van der Waals surface area contributed by atoms with Crippen molar-refractivity contribution in [2.75, 3.05) is 19.6 Å². The van der Waals surface area contributed by atoms with Crippen LogP contribution in [-0.4, -0.2) is 64.7 Å². The number of likely N-dealkylation sites (tertiary alicyclic amines) is 1. The third kappa shape index (κ3) is 3.69. The highest BCUT2D eigenvalue weighted by Gasteiger charge is 2.49. The van der Waals surface area contributed by atoms with Gasteiger partial charge in [0.25, 0.3) is 5.92 Å². The molecule has 5 atom stereocenters. The van der Waals surface area contributed by atoms with Gasteiger partial charge >= 0.3 is 11.9 Å². The normalized spacial score (nSPS) is 39.3. The maximum atomic E-state index is 13.6. The third-order valence-corrected chi connectivity index (χ3v) is 5.86. The van der Waals surface area contributed by atoms with Crippen LogP contribution in [0.15, 0.2) is 0 Å². The predicted molar refractivity (Wildman–Crippen MR) is 80.9 cm³/mol. The van der Waals surface area contributed by atoms with Crippen molar-refractivity contribution in [1.29, 1.82) is 0 Å². The van der Waals surface area contributed by atoms with E-state index in [1.165, 1.54) is 4.90 Å². The van der Waals surface area contributed by atoms with Crippen LogP contribution in [0.3, 0.4) is 0 Å². The molecule has 0 aromatic rings. The number of carbonyl (C=O) groups is 2. The minimum absolute atomic E-state index is 0.162. The van der Waals surface area contributed by atoms with Crippen LogP contribution in [0.5, 0.6) is 0 Å². The number of carboxylic acids is 2. The van der Waals surface area contributed by atoms with E-state index in [9.17, 15) is 23.5 Å². The van der Waals surface area contributed by atoms with Crippen molar-refractivity contribution in [2.24, 2.45) is 17.8 Å². The van der Waals surface area contributed by atoms with Crippen molar-refractivity contribution in [2.45, 2.75) is 50.1 Å². The van der Waals surface area contributed by atoms with Crippen molar-refractivity contribution < 1.29 is 28.6 Å². The van der Waals surface area contributed by atoms with E-state index in [1.807, 2.05) is 0 Å². The molecule has 2 aliphatic heterocycles. The van der Waals surface area contributed by atoms with Gasteiger partial charge in [0, 0.05) is 13.0 Å². The van der Waals surface area contributed by atoms with Gasteiger partial charge in [-0.05, 0) is 50.0 Å². The third-order valence-electron chi connectivity index (χ3n) is 5.86. The number of aliphatic carboxylic acids is 2. The Hall–Kier alpha value is -1.28. The molecule has 2 unspecified atom stereocenters. The summed E-state index contributed by atoms with van der Waals surface area (Å²) < 4.78 is 27.2. The summed E-state index contributed by atoms with van der Waals surface area (Å²) >= 11 is 0. The Kier molecular flexibility index (Phi) is 4.79. The molecule has 0 aromatic carbocycles. The van der Waals surface area contributed by atoms with E-state index < -0.39 is 42.9 Å². The number of rotatable bonds is 4. The Morgan fingerprint density at radius 2 is 1.88 bits per heavy atom. The number of carboxylic acid groups (broad SMARTS) is 2. The monoisotopic (exact) mass is 346 g/mol. The van der Waals surface area contributed by atoms with Crippen LogP contribution in [0.1, 0.15) is 32.1 Å². The summed E-state index contributed by atoms with van der Waals surface area (Å²) in [6.07, 6.45) is 2.57. The topological polar surface area (TPSA) is 89.9 Å². The molecule has 0 aromatic heterocycles. The zero-order valence-electron chi connectivity index (χ0n) is 13.5. The quantitative estimate of drug-likeness (QED) is 0.710. The van der Waals surface area contributed by atoms with Crippen molar-refractivity contribution in [3.05, 3.63) is 0 Å². The maximum Gasteiger partial charge on any atom is 0.321 e. The molecule has 136 valence electrons. The van der Waals surface area contributed by atoms with E-state index in [1.54, 1.807) is 0 Å². The number of nitrogens with one attached hydrogen (secondary N) is 1. The van der Waals surface area contributed by atoms with Crippen LogP contribution in [0.2, 0.25) is 0 Å². The first kappa shape index (κ1) is 17.5. The minimum Gasteiger partial charge on any atom is -0.480 e. The Morgan fingerprint density at radius 1 is 1.12 bits per heavy atom. The molecule has 3 rings (SSSR count). The second-order valence-corrected chi connectivity index (χ2v) is 7.58.